The van der Waals surface area contributed by atoms with E-state index >= 15 is 0 Å². The van der Waals surface area contributed by atoms with Gasteiger partial charge in [-0.2, -0.15) is 0 Å². The quantitative estimate of drug-likeness (QED) is 0.816. The lowest BCUT2D eigenvalue weighted by molar-refractivity contribution is 0.533. The highest BCUT2D eigenvalue weighted by atomic mass is 15.3. The first-order chi connectivity index (χ1) is 13.0. The average molecular weight is 364 g/mol. The summed E-state index contributed by atoms with van der Waals surface area (Å²) in [6.45, 7) is 11.0. The zero-order valence-electron chi connectivity index (χ0n) is 16.5. The van der Waals surface area contributed by atoms with E-state index in [0.29, 0.717) is 11.8 Å². The van der Waals surface area contributed by atoms with Gasteiger partial charge >= 0.3 is 0 Å². The molecule has 27 heavy (non-hydrogen) atoms. The number of hydrogen-bond donors (Lipinski definition) is 0. The summed E-state index contributed by atoms with van der Waals surface area (Å²) in [5.41, 5.74) is 3.84. The van der Waals surface area contributed by atoms with Gasteiger partial charge in [-0.25, -0.2) is 19.9 Å². The second-order valence-electron chi connectivity index (χ2n) is 9.32. The molecule has 0 amide bonds. The molecule has 2 atom stereocenters. The summed E-state index contributed by atoms with van der Waals surface area (Å²) in [5, 5.41) is 0. The van der Waals surface area contributed by atoms with Gasteiger partial charge in [0.15, 0.2) is 0 Å². The molecule has 0 radical (unpaired) electrons. The van der Waals surface area contributed by atoms with Crippen molar-refractivity contribution >= 4 is 11.6 Å². The molecule has 6 nitrogen and oxygen atoms in total. The number of rotatable bonds is 2. The largest absolute Gasteiger partial charge is 0.356 e. The molecule has 3 aliphatic rings. The molecule has 6 heteroatoms. The van der Waals surface area contributed by atoms with E-state index in [1.807, 2.05) is 0 Å². The summed E-state index contributed by atoms with van der Waals surface area (Å²) >= 11 is 0. The van der Waals surface area contributed by atoms with Crippen LogP contribution in [0.15, 0.2) is 18.7 Å². The third kappa shape index (κ3) is 2.95. The lowest BCUT2D eigenvalue weighted by Gasteiger charge is -2.25. The summed E-state index contributed by atoms with van der Waals surface area (Å²) in [4.78, 5) is 23.2. The van der Waals surface area contributed by atoms with Crippen molar-refractivity contribution in [1.82, 2.24) is 19.9 Å². The lowest BCUT2D eigenvalue weighted by atomic mass is 9.92. The minimum atomic E-state index is 0.0531. The van der Waals surface area contributed by atoms with Crippen molar-refractivity contribution in [3.63, 3.8) is 0 Å². The molecule has 4 heterocycles. The summed E-state index contributed by atoms with van der Waals surface area (Å²) in [6, 6.07) is 2.18. The van der Waals surface area contributed by atoms with Crippen LogP contribution in [0.25, 0.3) is 0 Å². The fourth-order valence-electron chi connectivity index (χ4n) is 4.90. The number of nitrogens with zero attached hydrogens (tertiary/aromatic N) is 6. The highest BCUT2D eigenvalue weighted by Gasteiger charge is 2.42. The van der Waals surface area contributed by atoms with E-state index in [1.54, 1.807) is 12.7 Å². The molecule has 0 bridgehead atoms. The molecule has 0 saturated carbocycles. The Balaban J connectivity index is 1.31. The monoisotopic (exact) mass is 364 g/mol. The van der Waals surface area contributed by atoms with Crippen LogP contribution in [-0.2, 0) is 18.3 Å². The van der Waals surface area contributed by atoms with Crippen LogP contribution in [-0.4, -0.2) is 46.1 Å². The number of hydrogen-bond acceptors (Lipinski definition) is 6. The molecule has 0 N–H and O–H groups in total. The average Bonchev–Trinajstić information content (AvgIpc) is 3.35. The Morgan fingerprint density at radius 3 is 2.30 bits per heavy atom. The normalized spacial score (nSPS) is 24.4. The highest BCUT2D eigenvalue weighted by molar-refractivity contribution is 5.52. The molecule has 2 saturated heterocycles. The van der Waals surface area contributed by atoms with E-state index in [1.165, 1.54) is 23.5 Å². The van der Waals surface area contributed by atoms with Gasteiger partial charge in [-0.05, 0) is 19.3 Å². The SMILES string of the molecule is CC(C)(C)c1cc(N2CC3CN(c4ncnc5c4CCC5)CC3C2)ncn1. The van der Waals surface area contributed by atoms with E-state index in [2.05, 4.69) is 56.6 Å². The Kier molecular flexibility index (Phi) is 3.85. The standard InChI is InChI=1S/C21H28N6/c1-21(2,3)18-7-19(24-13-23-18)26-8-14-10-27(11-15(14)9-26)20-16-5-4-6-17(16)22-12-25-20/h7,12-15H,4-6,8-11H2,1-3H3. The van der Waals surface area contributed by atoms with Crippen molar-refractivity contribution in [2.75, 3.05) is 36.0 Å². The zero-order chi connectivity index (χ0) is 18.6. The molecular formula is C21H28N6. The summed E-state index contributed by atoms with van der Waals surface area (Å²) < 4.78 is 0. The summed E-state index contributed by atoms with van der Waals surface area (Å²) in [5.74, 6) is 3.66. The predicted octanol–water partition coefficient (Wildman–Crippen LogP) is 2.63. The molecule has 2 aromatic rings. The highest BCUT2D eigenvalue weighted by Crippen LogP contribution is 2.38. The maximum Gasteiger partial charge on any atom is 0.135 e. The minimum Gasteiger partial charge on any atom is -0.356 e. The first-order valence-electron chi connectivity index (χ1n) is 10.1. The van der Waals surface area contributed by atoms with Crippen molar-refractivity contribution in [2.45, 2.75) is 45.4 Å². The van der Waals surface area contributed by atoms with Crippen LogP contribution in [0.5, 0.6) is 0 Å². The van der Waals surface area contributed by atoms with Gasteiger partial charge in [0.2, 0.25) is 0 Å². The Bertz CT molecular complexity index is 844. The Hall–Kier alpha value is -2.24. The molecule has 5 rings (SSSR count). The summed E-state index contributed by atoms with van der Waals surface area (Å²) in [7, 11) is 0. The number of fused-ring (bicyclic) bond motifs is 2. The van der Waals surface area contributed by atoms with Gasteiger partial charge in [0, 0.05) is 60.8 Å². The van der Waals surface area contributed by atoms with E-state index < -0.39 is 0 Å². The first-order valence-corrected chi connectivity index (χ1v) is 10.1. The van der Waals surface area contributed by atoms with Gasteiger partial charge < -0.3 is 9.80 Å². The van der Waals surface area contributed by atoms with E-state index in [0.717, 1.165) is 50.5 Å². The van der Waals surface area contributed by atoms with Gasteiger partial charge in [-0.3, -0.25) is 0 Å². The fourth-order valence-corrected chi connectivity index (χ4v) is 4.90. The first kappa shape index (κ1) is 16.9. The maximum absolute atomic E-state index is 4.66. The fraction of sp³-hybridized carbons (Fsp3) is 0.619. The van der Waals surface area contributed by atoms with Gasteiger partial charge in [0.25, 0.3) is 0 Å². The van der Waals surface area contributed by atoms with Gasteiger partial charge in [0.1, 0.15) is 24.3 Å². The minimum absolute atomic E-state index is 0.0531. The van der Waals surface area contributed by atoms with E-state index in [4.69, 9.17) is 0 Å². The van der Waals surface area contributed by atoms with E-state index in [9.17, 15) is 0 Å². The predicted molar refractivity (Wildman–Crippen MR) is 106 cm³/mol. The molecule has 2 fully saturated rings. The van der Waals surface area contributed by atoms with Crippen LogP contribution < -0.4 is 9.80 Å². The molecule has 0 spiro atoms. The van der Waals surface area contributed by atoms with E-state index in [-0.39, 0.29) is 5.41 Å². The van der Waals surface area contributed by atoms with Crippen molar-refractivity contribution in [2.24, 2.45) is 11.8 Å². The van der Waals surface area contributed by atoms with Crippen LogP contribution in [0.2, 0.25) is 0 Å². The molecule has 2 aromatic heterocycles. The molecule has 142 valence electrons. The smallest absolute Gasteiger partial charge is 0.135 e. The van der Waals surface area contributed by atoms with Gasteiger partial charge in [0.05, 0.1) is 5.69 Å². The Morgan fingerprint density at radius 1 is 0.852 bits per heavy atom. The molecule has 2 unspecified atom stereocenters. The van der Waals surface area contributed by atoms with Crippen LogP contribution in [0.4, 0.5) is 11.6 Å². The Labute approximate surface area is 161 Å². The van der Waals surface area contributed by atoms with Gasteiger partial charge in [-0.1, -0.05) is 20.8 Å². The second kappa shape index (κ2) is 6.14. The molecule has 0 aromatic carbocycles. The van der Waals surface area contributed by atoms with Crippen LogP contribution in [0.3, 0.4) is 0 Å². The maximum atomic E-state index is 4.66. The zero-order valence-corrected chi connectivity index (χ0v) is 16.5. The van der Waals surface area contributed by atoms with Crippen LogP contribution in [0.1, 0.15) is 44.1 Å². The van der Waals surface area contributed by atoms with Crippen molar-refractivity contribution in [1.29, 1.82) is 0 Å². The number of aryl methyl sites for hydroxylation is 1. The van der Waals surface area contributed by atoms with Crippen LogP contribution >= 0.6 is 0 Å². The lowest BCUT2D eigenvalue weighted by Crippen LogP contribution is -2.30. The number of aromatic nitrogens is 4. The van der Waals surface area contributed by atoms with Gasteiger partial charge in [-0.15, -0.1) is 0 Å². The van der Waals surface area contributed by atoms with Crippen molar-refractivity contribution in [3.05, 3.63) is 35.7 Å². The third-order valence-corrected chi connectivity index (χ3v) is 6.38. The second-order valence-corrected chi connectivity index (χ2v) is 9.32. The third-order valence-electron chi connectivity index (χ3n) is 6.38. The molecule has 1 aliphatic carbocycles. The summed E-state index contributed by atoms with van der Waals surface area (Å²) in [6.07, 6.45) is 6.96. The van der Waals surface area contributed by atoms with Crippen molar-refractivity contribution < 1.29 is 0 Å². The number of anilines is 2. The Morgan fingerprint density at radius 2 is 1.56 bits per heavy atom. The van der Waals surface area contributed by atoms with Crippen molar-refractivity contribution in [3.8, 4) is 0 Å². The molecular weight excluding hydrogens is 336 g/mol. The van der Waals surface area contributed by atoms with Crippen LogP contribution in [0, 0.1) is 11.8 Å². The topological polar surface area (TPSA) is 58.0 Å². The molecule has 2 aliphatic heterocycles.